The quantitative estimate of drug-likeness (QED) is 0.859. The first-order valence-corrected chi connectivity index (χ1v) is 5.18. The Balaban J connectivity index is 2.61. The maximum absolute atomic E-state index is 10.5. The van der Waals surface area contributed by atoms with Crippen LogP contribution in [-0.4, -0.2) is 17.1 Å². The van der Waals surface area contributed by atoms with Gasteiger partial charge in [0, 0.05) is 10.0 Å². The van der Waals surface area contributed by atoms with Crippen molar-refractivity contribution in [3.05, 3.63) is 33.8 Å². The predicted molar refractivity (Wildman–Crippen MR) is 60.4 cm³/mol. The number of nitrogens with two attached hydrogens (primary N) is 1. The number of halogens is 2. The van der Waals surface area contributed by atoms with E-state index in [9.17, 15) is 4.79 Å². The van der Waals surface area contributed by atoms with E-state index in [0.29, 0.717) is 22.9 Å². The van der Waals surface area contributed by atoms with Crippen molar-refractivity contribution in [2.75, 3.05) is 0 Å². The van der Waals surface area contributed by atoms with Crippen molar-refractivity contribution in [3.63, 3.8) is 0 Å². The molecular formula is C10H11Cl2NO2. The molecule has 0 aliphatic heterocycles. The lowest BCUT2D eigenvalue weighted by atomic mass is 10.1. The van der Waals surface area contributed by atoms with Crippen LogP contribution < -0.4 is 5.73 Å². The molecule has 0 aliphatic carbocycles. The molecule has 0 bridgehead atoms. The second-order valence-corrected chi connectivity index (χ2v) is 4.13. The van der Waals surface area contributed by atoms with E-state index in [0.717, 1.165) is 5.56 Å². The number of carboxylic acid groups (broad SMARTS) is 1. The highest BCUT2D eigenvalue weighted by molar-refractivity contribution is 6.34. The second-order valence-electron chi connectivity index (χ2n) is 3.26. The molecule has 3 nitrogen and oxygen atoms in total. The molecule has 0 spiro atoms. The van der Waals surface area contributed by atoms with Crippen molar-refractivity contribution in [2.24, 2.45) is 5.73 Å². The standard InChI is InChI=1S/C10H11Cl2NO2/c11-7-3-6(4-8(12)5-7)1-2-9(13)10(14)15/h3-5,9H,1-2,13H2,(H,14,15)/t9-/m1/s1. The van der Waals surface area contributed by atoms with Gasteiger partial charge in [0.05, 0.1) is 0 Å². The smallest absolute Gasteiger partial charge is 0.320 e. The maximum atomic E-state index is 10.5. The van der Waals surface area contributed by atoms with Crippen molar-refractivity contribution < 1.29 is 9.90 Å². The zero-order chi connectivity index (χ0) is 11.4. The van der Waals surface area contributed by atoms with E-state index < -0.39 is 12.0 Å². The number of carbonyl (C=O) groups is 1. The first kappa shape index (κ1) is 12.3. The SMILES string of the molecule is N[C@H](CCc1cc(Cl)cc(Cl)c1)C(=O)O. The minimum atomic E-state index is -0.997. The van der Waals surface area contributed by atoms with Crippen LogP contribution in [0.1, 0.15) is 12.0 Å². The number of carboxylic acids is 1. The normalized spacial score (nSPS) is 12.5. The summed E-state index contributed by atoms with van der Waals surface area (Å²) in [7, 11) is 0. The summed E-state index contributed by atoms with van der Waals surface area (Å²) in [5, 5.41) is 9.68. The molecule has 1 rings (SSSR count). The first-order chi connectivity index (χ1) is 6.99. The van der Waals surface area contributed by atoms with Crippen molar-refractivity contribution in [2.45, 2.75) is 18.9 Å². The molecule has 0 saturated heterocycles. The summed E-state index contributed by atoms with van der Waals surface area (Å²) in [6.07, 6.45) is 0.916. The molecule has 1 atom stereocenters. The van der Waals surface area contributed by atoms with Crippen LogP contribution in [0.5, 0.6) is 0 Å². The number of hydrogen-bond acceptors (Lipinski definition) is 2. The third-order valence-electron chi connectivity index (χ3n) is 1.98. The molecule has 0 unspecified atom stereocenters. The van der Waals surface area contributed by atoms with E-state index >= 15 is 0 Å². The molecule has 3 N–H and O–H groups in total. The number of rotatable bonds is 4. The highest BCUT2D eigenvalue weighted by atomic mass is 35.5. The highest BCUT2D eigenvalue weighted by Crippen LogP contribution is 2.20. The van der Waals surface area contributed by atoms with Gasteiger partial charge in [0.25, 0.3) is 0 Å². The summed E-state index contributed by atoms with van der Waals surface area (Å²) < 4.78 is 0. The Kier molecular flexibility index (Phi) is 4.39. The summed E-state index contributed by atoms with van der Waals surface area (Å²) in [6.45, 7) is 0. The van der Waals surface area contributed by atoms with Crippen molar-refractivity contribution in [1.29, 1.82) is 0 Å². The lowest BCUT2D eigenvalue weighted by Crippen LogP contribution is -2.30. The summed E-state index contributed by atoms with van der Waals surface area (Å²) in [5.74, 6) is -0.997. The largest absolute Gasteiger partial charge is 0.480 e. The molecular weight excluding hydrogens is 237 g/mol. The third-order valence-corrected chi connectivity index (χ3v) is 2.42. The van der Waals surface area contributed by atoms with Crippen LogP contribution in [-0.2, 0) is 11.2 Å². The molecule has 0 fully saturated rings. The fourth-order valence-corrected chi connectivity index (χ4v) is 1.77. The van der Waals surface area contributed by atoms with Crippen molar-refractivity contribution >= 4 is 29.2 Å². The van der Waals surface area contributed by atoms with Gasteiger partial charge in [-0.05, 0) is 36.6 Å². The maximum Gasteiger partial charge on any atom is 0.320 e. The molecule has 0 heterocycles. The Hall–Kier alpha value is -0.770. The number of aryl methyl sites for hydroxylation is 1. The molecule has 0 amide bonds. The number of aliphatic carboxylic acids is 1. The van der Waals surface area contributed by atoms with Gasteiger partial charge in [0.2, 0.25) is 0 Å². The van der Waals surface area contributed by atoms with Crippen LogP contribution in [0.15, 0.2) is 18.2 Å². The molecule has 82 valence electrons. The van der Waals surface area contributed by atoms with Crippen LogP contribution in [0.4, 0.5) is 0 Å². The van der Waals surface area contributed by atoms with Gasteiger partial charge < -0.3 is 10.8 Å². The molecule has 1 aromatic carbocycles. The Morgan fingerprint density at radius 2 is 1.87 bits per heavy atom. The van der Waals surface area contributed by atoms with E-state index in [4.69, 9.17) is 34.0 Å². The summed E-state index contributed by atoms with van der Waals surface area (Å²) in [4.78, 5) is 10.5. The number of hydrogen-bond donors (Lipinski definition) is 2. The minimum absolute atomic E-state index is 0.367. The average molecular weight is 248 g/mol. The number of benzene rings is 1. The molecule has 0 aliphatic rings. The molecule has 0 aromatic heterocycles. The van der Waals surface area contributed by atoms with Crippen molar-refractivity contribution in [1.82, 2.24) is 0 Å². The topological polar surface area (TPSA) is 63.3 Å². The van der Waals surface area contributed by atoms with Gasteiger partial charge in [-0.15, -0.1) is 0 Å². The van der Waals surface area contributed by atoms with Crippen LogP contribution in [0.3, 0.4) is 0 Å². The lowest BCUT2D eigenvalue weighted by Gasteiger charge is -2.06. The average Bonchev–Trinajstić information content (AvgIpc) is 2.12. The Labute approximate surface area is 97.8 Å². The van der Waals surface area contributed by atoms with Crippen LogP contribution in [0.2, 0.25) is 10.0 Å². The van der Waals surface area contributed by atoms with Gasteiger partial charge >= 0.3 is 5.97 Å². The fraction of sp³-hybridized carbons (Fsp3) is 0.300. The van der Waals surface area contributed by atoms with Gasteiger partial charge in [-0.1, -0.05) is 23.2 Å². The van der Waals surface area contributed by atoms with E-state index in [1.54, 1.807) is 18.2 Å². The zero-order valence-corrected chi connectivity index (χ0v) is 9.42. The highest BCUT2D eigenvalue weighted by Gasteiger charge is 2.11. The van der Waals surface area contributed by atoms with Crippen molar-refractivity contribution in [3.8, 4) is 0 Å². The van der Waals surface area contributed by atoms with Crippen LogP contribution >= 0.6 is 23.2 Å². The van der Waals surface area contributed by atoms with E-state index in [-0.39, 0.29) is 0 Å². The molecule has 1 aromatic rings. The van der Waals surface area contributed by atoms with Gasteiger partial charge in [-0.2, -0.15) is 0 Å². The minimum Gasteiger partial charge on any atom is -0.480 e. The zero-order valence-electron chi connectivity index (χ0n) is 7.91. The van der Waals surface area contributed by atoms with Crippen LogP contribution in [0.25, 0.3) is 0 Å². The van der Waals surface area contributed by atoms with Gasteiger partial charge in [0.15, 0.2) is 0 Å². The monoisotopic (exact) mass is 247 g/mol. The Morgan fingerprint density at radius 3 is 2.33 bits per heavy atom. The third kappa shape index (κ3) is 4.08. The molecule has 0 radical (unpaired) electrons. The molecule has 15 heavy (non-hydrogen) atoms. The van der Waals surface area contributed by atoms with E-state index in [2.05, 4.69) is 0 Å². The lowest BCUT2D eigenvalue weighted by molar-refractivity contribution is -0.138. The Morgan fingerprint density at radius 1 is 1.33 bits per heavy atom. The fourth-order valence-electron chi connectivity index (χ4n) is 1.20. The summed E-state index contributed by atoms with van der Waals surface area (Å²) in [5.41, 5.74) is 6.27. The van der Waals surface area contributed by atoms with Gasteiger partial charge in [-0.3, -0.25) is 4.79 Å². The van der Waals surface area contributed by atoms with Gasteiger partial charge in [0.1, 0.15) is 6.04 Å². The predicted octanol–water partition coefficient (Wildman–Crippen LogP) is 2.34. The first-order valence-electron chi connectivity index (χ1n) is 4.42. The Bertz CT molecular complexity index is 348. The van der Waals surface area contributed by atoms with E-state index in [1.165, 1.54) is 0 Å². The molecule has 0 saturated carbocycles. The molecule has 5 heteroatoms. The summed E-state index contributed by atoms with van der Waals surface area (Å²) >= 11 is 11.6. The van der Waals surface area contributed by atoms with Crippen LogP contribution in [0, 0.1) is 0 Å². The van der Waals surface area contributed by atoms with E-state index in [1.807, 2.05) is 0 Å². The van der Waals surface area contributed by atoms with Gasteiger partial charge in [-0.25, -0.2) is 0 Å². The second kappa shape index (κ2) is 5.35. The summed E-state index contributed by atoms with van der Waals surface area (Å²) in [6, 6.07) is 4.29.